The number of aliphatic carboxylic acids is 1. The predicted molar refractivity (Wildman–Crippen MR) is 134 cm³/mol. The number of methoxy groups -OCH3 is 1. The summed E-state index contributed by atoms with van der Waals surface area (Å²) in [6.07, 6.45) is 5.84. The number of carbonyl (C=O) groups is 2. The maximum Gasteiger partial charge on any atom is 0.409 e. The fourth-order valence-corrected chi connectivity index (χ4v) is 5.96. The summed E-state index contributed by atoms with van der Waals surface area (Å²) in [4.78, 5) is 31.5. The molecule has 1 atom stereocenters. The Hall–Kier alpha value is -3.06. The first-order chi connectivity index (χ1) is 17.0. The maximum absolute atomic E-state index is 12.4. The second kappa shape index (κ2) is 9.90. The molecule has 0 unspecified atom stereocenters. The molecule has 8 heteroatoms. The molecule has 1 N–H and O–H groups in total. The number of carboxylic acid groups (broad SMARTS) is 1. The van der Waals surface area contributed by atoms with E-state index in [2.05, 4.69) is 4.57 Å². The first-order valence-electron chi connectivity index (χ1n) is 12.3. The van der Waals surface area contributed by atoms with Crippen molar-refractivity contribution in [1.82, 2.24) is 14.5 Å². The van der Waals surface area contributed by atoms with E-state index < -0.39 is 11.9 Å². The maximum atomic E-state index is 12.4. The Morgan fingerprint density at radius 2 is 1.91 bits per heavy atom. The molecule has 2 aliphatic rings. The quantitative estimate of drug-likeness (QED) is 0.488. The zero-order chi connectivity index (χ0) is 24.5. The molecule has 7 nitrogen and oxygen atoms in total. The zero-order valence-corrected chi connectivity index (χ0v) is 20.6. The summed E-state index contributed by atoms with van der Waals surface area (Å²) in [7, 11) is 1.39. The van der Waals surface area contributed by atoms with Gasteiger partial charge < -0.3 is 19.3 Å². The lowest BCUT2D eigenvalue weighted by Gasteiger charge is -2.28. The van der Waals surface area contributed by atoms with Gasteiger partial charge in [-0.1, -0.05) is 61.2 Å². The SMILES string of the molecule is COC(=O)N1CCc2c(Cl)cc3c(nc(C4CCCCC4)n3C[C@@H](C(=O)O)c3ccccc3)c2C1. The third-order valence-electron chi connectivity index (χ3n) is 7.49. The lowest BCUT2D eigenvalue weighted by molar-refractivity contribution is -0.139. The first kappa shape index (κ1) is 23.7. The standard InChI is InChI=1S/C27H30ClN3O4/c1-35-27(34)30-13-12-19-21(15-30)24-23(14-22(19)28)31(25(29-24)18-10-6-3-7-11-18)16-20(26(32)33)17-8-4-2-5-9-17/h2,4-5,8-9,14,18,20H,3,6-7,10-13,15-16H2,1H3,(H,32,33)/t20-/m1/s1. The van der Waals surface area contributed by atoms with Crippen molar-refractivity contribution in [1.29, 1.82) is 0 Å². The van der Waals surface area contributed by atoms with E-state index in [1.165, 1.54) is 13.5 Å². The second-order valence-electron chi connectivity index (χ2n) is 9.54. The number of carbonyl (C=O) groups excluding carboxylic acids is 1. The van der Waals surface area contributed by atoms with Gasteiger partial charge in [-0.15, -0.1) is 0 Å². The van der Waals surface area contributed by atoms with Gasteiger partial charge in [-0.2, -0.15) is 0 Å². The van der Waals surface area contributed by atoms with Crippen LogP contribution in [-0.2, 0) is 29.0 Å². The number of imidazole rings is 1. The third kappa shape index (κ3) is 4.49. The Labute approximate surface area is 209 Å². The molecular weight excluding hydrogens is 466 g/mol. The Morgan fingerprint density at radius 1 is 1.17 bits per heavy atom. The Balaban J connectivity index is 1.66. The van der Waals surface area contributed by atoms with Crippen LogP contribution in [0.4, 0.5) is 4.79 Å². The molecule has 0 bridgehead atoms. The number of halogens is 1. The van der Waals surface area contributed by atoms with Gasteiger partial charge in [-0.05, 0) is 36.5 Å². The smallest absolute Gasteiger partial charge is 0.409 e. The van der Waals surface area contributed by atoms with Crippen LogP contribution in [0.15, 0.2) is 36.4 Å². The molecule has 1 aliphatic heterocycles. The van der Waals surface area contributed by atoms with Crippen LogP contribution in [0.25, 0.3) is 11.0 Å². The van der Waals surface area contributed by atoms with Crippen LogP contribution >= 0.6 is 11.6 Å². The number of fused-ring (bicyclic) bond motifs is 3. The molecule has 1 fully saturated rings. The number of hydrogen-bond donors (Lipinski definition) is 1. The van der Waals surface area contributed by atoms with E-state index in [4.69, 9.17) is 21.3 Å². The highest BCUT2D eigenvalue weighted by Gasteiger charge is 2.31. The van der Waals surface area contributed by atoms with Crippen LogP contribution in [0.1, 0.15) is 66.5 Å². The van der Waals surface area contributed by atoms with E-state index in [0.717, 1.165) is 59.2 Å². The van der Waals surface area contributed by atoms with E-state index in [-0.39, 0.29) is 18.6 Å². The molecule has 1 aromatic heterocycles. The fourth-order valence-electron chi connectivity index (χ4n) is 5.65. The predicted octanol–water partition coefficient (Wildman–Crippen LogP) is 5.73. The van der Waals surface area contributed by atoms with Crippen molar-refractivity contribution in [3.05, 3.63) is 63.9 Å². The fraction of sp³-hybridized carbons (Fsp3) is 0.444. The minimum atomic E-state index is -0.867. The first-order valence-corrected chi connectivity index (χ1v) is 12.7. The minimum Gasteiger partial charge on any atom is -0.481 e. The van der Waals surface area contributed by atoms with Crippen molar-refractivity contribution in [2.75, 3.05) is 13.7 Å². The van der Waals surface area contributed by atoms with Gasteiger partial charge in [0.25, 0.3) is 0 Å². The lowest BCUT2D eigenvalue weighted by atomic mass is 9.88. The number of amides is 1. The summed E-state index contributed by atoms with van der Waals surface area (Å²) >= 11 is 6.77. The molecule has 1 aliphatic carbocycles. The summed E-state index contributed by atoms with van der Waals surface area (Å²) in [6.45, 7) is 1.19. The highest BCUT2D eigenvalue weighted by molar-refractivity contribution is 6.32. The number of carboxylic acids is 1. The average molecular weight is 496 g/mol. The minimum absolute atomic E-state index is 0.274. The van der Waals surface area contributed by atoms with Crippen molar-refractivity contribution < 1.29 is 19.4 Å². The van der Waals surface area contributed by atoms with E-state index >= 15 is 0 Å². The molecule has 184 valence electrons. The van der Waals surface area contributed by atoms with Crippen molar-refractivity contribution in [3.8, 4) is 0 Å². The van der Waals surface area contributed by atoms with E-state index in [9.17, 15) is 14.7 Å². The zero-order valence-electron chi connectivity index (χ0n) is 19.9. The second-order valence-corrected chi connectivity index (χ2v) is 9.95. The molecule has 1 amide bonds. The number of ether oxygens (including phenoxy) is 1. The van der Waals surface area contributed by atoms with Gasteiger partial charge in [0, 0.05) is 29.6 Å². The highest BCUT2D eigenvalue weighted by atomic mass is 35.5. The number of aromatic nitrogens is 2. The van der Waals surface area contributed by atoms with Crippen LogP contribution in [0.3, 0.4) is 0 Å². The molecular formula is C27H30ClN3O4. The highest BCUT2D eigenvalue weighted by Crippen LogP contribution is 2.39. The molecule has 0 spiro atoms. The summed E-state index contributed by atoms with van der Waals surface area (Å²) < 4.78 is 7.05. The summed E-state index contributed by atoms with van der Waals surface area (Å²) in [5.41, 5.74) is 4.36. The van der Waals surface area contributed by atoms with Gasteiger partial charge in [0.05, 0.1) is 30.6 Å². The van der Waals surface area contributed by atoms with Gasteiger partial charge in [0.2, 0.25) is 0 Å². The summed E-state index contributed by atoms with van der Waals surface area (Å²) in [5, 5.41) is 10.8. The van der Waals surface area contributed by atoms with Crippen molar-refractivity contribution in [2.45, 2.75) is 63.5 Å². The number of nitrogens with zero attached hydrogens (tertiary/aromatic N) is 3. The molecule has 0 saturated heterocycles. The molecule has 1 saturated carbocycles. The topological polar surface area (TPSA) is 84.7 Å². The Bertz CT molecular complexity index is 1250. The molecule has 3 aromatic rings. The largest absolute Gasteiger partial charge is 0.481 e. The van der Waals surface area contributed by atoms with Gasteiger partial charge in [0.1, 0.15) is 5.82 Å². The summed E-state index contributed by atoms with van der Waals surface area (Å²) in [6, 6.07) is 11.3. The van der Waals surface area contributed by atoms with Crippen molar-refractivity contribution in [3.63, 3.8) is 0 Å². The molecule has 2 heterocycles. The summed E-state index contributed by atoms with van der Waals surface area (Å²) in [5.74, 6) is -0.372. The Morgan fingerprint density at radius 3 is 2.60 bits per heavy atom. The normalized spacial score (nSPS) is 17.3. The van der Waals surface area contributed by atoms with Crippen LogP contribution in [0.2, 0.25) is 5.02 Å². The molecule has 5 rings (SSSR count). The van der Waals surface area contributed by atoms with E-state index in [1.54, 1.807) is 4.90 Å². The van der Waals surface area contributed by atoms with E-state index in [1.807, 2.05) is 36.4 Å². The van der Waals surface area contributed by atoms with Crippen LogP contribution in [0, 0.1) is 0 Å². The lowest BCUT2D eigenvalue weighted by Crippen LogP contribution is -2.36. The average Bonchev–Trinajstić information content (AvgIpc) is 3.25. The van der Waals surface area contributed by atoms with Gasteiger partial charge in [0.15, 0.2) is 0 Å². The molecule has 2 aromatic carbocycles. The molecule has 0 radical (unpaired) electrons. The monoisotopic (exact) mass is 495 g/mol. The van der Waals surface area contributed by atoms with Crippen LogP contribution < -0.4 is 0 Å². The number of hydrogen-bond acceptors (Lipinski definition) is 4. The van der Waals surface area contributed by atoms with Gasteiger partial charge in [-0.3, -0.25) is 4.79 Å². The van der Waals surface area contributed by atoms with Gasteiger partial charge in [-0.25, -0.2) is 9.78 Å². The van der Waals surface area contributed by atoms with Crippen molar-refractivity contribution in [2.24, 2.45) is 0 Å². The Kier molecular flexibility index (Phi) is 6.69. The van der Waals surface area contributed by atoms with Gasteiger partial charge >= 0.3 is 12.1 Å². The molecule has 35 heavy (non-hydrogen) atoms. The van der Waals surface area contributed by atoms with Crippen LogP contribution in [0.5, 0.6) is 0 Å². The van der Waals surface area contributed by atoms with E-state index in [0.29, 0.717) is 24.5 Å². The van der Waals surface area contributed by atoms with Crippen molar-refractivity contribution >= 4 is 34.7 Å². The van der Waals surface area contributed by atoms with Crippen LogP contribution in [-0.4, -0.2) is 45.3 Å². The third-order valence-corrected chi connectivity index (χ3v) is 7.82. The number of rotatable bonds is 5. The number of benzene rings is 2.